The maximum Gasteiger partial charge on any atom is 0.264 e. The lowest BCUT2D eigenvalue weighted by molar-refractivity contribution is -0.140. The number of methoxy groups -OCH3 is 3. The quantitative estimate of drug-likeness (QED) is 0.148. The lowest BCUT2D eigenvalue weighted by Gasteiger charge is -2.34. The number of sulfonamides is 1. The normalized spacial score (nSPS) is 11.7. The molecule has 0 aliphatic carbocycles. The number of unbranched alkanes of at least 4 members (excludes halogenated alkanes) is 1. The third-order valence-corrected chi connectivity index (χ3v) is 9.62. The molecule has 1 N–H and O–H groups in total. The van der Waals surface area contributed by atoms with E-state index in [0.29, 0.717) is 18.0 Å². The Balaban J connectivity index is 1.80. The maximum atomic E-state index is 14.6. The number of carbonyl (C=O) groups is 2. The molecule has 0 aliphatic heterocycles. The van der Waals surface area contributed by atoms with Crippen molar-refractivity contribution < 1.29 is 32.2 Å². The first-order chi connectivity index (χ1) is 23.2. The summed E-state index contributed by atoms with van der Waals surface area (Å²) >= 11 is 0. The van der Waals surface area contributed by atoms with E-state index in [4.69, 9.17) is 14.2 Å². The van der Waals surface area contributed by atoms with E-state index in [1.807, 2.05) is 49.4 Å². The molecule has 4 aromatic rings. The van der Waals surface area contributed by atoms with Gasteiger partial charge in [0.1, 0.15) is 18.3 Å². The van der Waals surface area contributed by atoms with Crippen molar-refractivity contribution in [3.05, 3.63) is 114 Å². The van der Waals surface area contributed by atoms with Crippen LogP contribution in [0.25, 0.3) is 0 Å². The van der Waals surface area contributed by atoms with Crippen LogP contribution in [0.4, 0.5) is 5.69 Å². The number of benzene rings is 4. The largest absolute Gasteiger partial charge is 0.497 e. The van der Waals surface area contributed by atoms with Crippen molar-refractivity contribution in [2.24, 2.45) is 0 Å². The molecular weight excluding hydrogens is 630 g/mol. The van der Waals surface area contributed by atoms with E-state index in [1.54, 1.807) is 49.6 Å². The Labute approximate surface area is 283 Å². The van der Waals surface area contributed by atoms with Gasteiger partial charge in [-0.15, -0.1) is 0 Å². The molecule has 10 nitrogen and oxygen atoms in total. The zero-order valence-electron chi connectivity index (χ0n) is 27.8. The first-order valence-corrected chi connectivity index (χ1v) is 17.2. The average molecular weight is 674 g/mol. The molecule has 4 aromatic carbocycles. The van der Waals surface area contributed by atoms with Crippen LogP contribution in [0.3, 0.4) is 0 Å². The predicted octanol–water partition coefficient (Wildman–Crippen LogP) is 5.46. The molecule has 2 amide bonds. The Kier molecular flexibility index (Phi) is 12.8. The van der Waals surface area contributed by atoms with Crippen molar-refractivity contribution >= 4 is 27.5 Å². The van der Waals surface area contributed by atoms with E-state index < -0.39 is 28.5 Å². The Hall–Kier alpha value is -5.03. The number of anilines is 1. The topological polar surface area (TPSA) is 114 Å². The van der Waals surface area contributed by atoms with Crippen molar-refractivity contribution in [1.29, 1.82) is 0 Å². The fourth-order valence-corrected chi connectivity index (χ4v) is 6.68. The zero-order valence-corrected chi connectivity index (χ0v) is 28.6. The summed E-state index contributed by atoms with van der Waals surface area (Å²) in [4.78, 5) is 29.9. The van der Waals surface area contributed by atoms with Crippen molar-refractivity contribution in [2.45, 2.75) is 43.7 Å². The van der Waals surface area contributed by atoms with Crippen LogP contribution >= 0.6 is 0 Å². The Bertz CT molecular complexity index is 1750. The second-order valence-electron chi connectivity index (χ2n) is 11.1. The molecule has 0 aromatic heterocycles. The van der Waals surface area contributed by atoms with Gasteiger partial charge in [0.15, 0.2) is 11.5 Å². The van der Waals surface area contributed by atoms with Crippen LogP contribution in [0.1, 0.15) is 30.9 Å². The summed E-state index contributed by atoms with van der Waals surface area (Å²) in [6.07, 6.45) is 1.89. The molecule has 0 aliphatic rings. The molecular formula is C37H43N3O7S. The number of amides is 2. The van der Waals surface area contributed by atoms with Crippen LogP contribution in [-0.2, 0) is 32.6 Å². The van der Waals surface area contributed by atoms with Crippen LogP contribution < -0.4 is 23.8 Å². The number of para-hydroxylation sites is 1. The van der Waals surface area contributed by atoms with Gasteiger partial charge in [-0.2, -0.15) is 0 Å². The van der Waals surface area contributed by atoms with Gasteiger partial charge in [-0.1, -0.05) is 74.0 Å². The second kappa shape index (κ2) is 17.2. The summed E-state index contributed by atoms with van der Waals surface area (Å²) < 4.78 is 45.8. The molecule has 0 saturated heterocycles. The van der Waals surface area contributed by atoms with Crippen molar-refractivity contribution in [2.75, 3.05) is 38.7 Å². The number of nitrogens with one attached hydrogen (secondary N) is 1. The minimum Gasteiger partial charge on any atom is -0.497 e. The highest BCUT2D eigenvalue weighted by Crippen LogP contribution is 2.32. The van der Waals surface area contributed by atoms with Crippen LogP contribution in [0.2, 0.25) is 0 Å². The SMILES string of the molecule is CCCCNC(=O)[C@H](Cc1ccccc1)N(Cc1cccc(OC)c1)C(=O)CN(c1ccccc1)S(=O)(=O)c1ccc(OC)c(OC)c1. The number of carbonyl (C=O) groups excluding carboxylic acids is 2. The van der Waals surface area contributed by atoms with E-state index in [2.05, 4.69) is 5.32 Å². The zero-order chi connectivity index (χ0) is 34.5. The number of nitrogens with zero attached hydrogens (tertiary/aromatic N) is 2. The Morgan fingerprint density at radius 3 is 2.08 bits per heavy atom. The minimum absolute atomic E-state index is 0.0355. The molecule has 0 unspecified atom stereocenters. The number of rotatable bonds is 17. The molecule has 0 fully saturated rings. The average Bonchev–Trinajstić information content (AvgIpc) is 3.12. The van der Waals surface area contributed by atoms with Crippen molar-refractivity contribution in [1.82, 2.24) is 10.2 Å². The van der Waals surface area contributed by atoms with E-state index in [9.17, 15) is 18.0 Å². The maximum absolute atomic E-state index is 14.6. The molecule has 48 heavy (non-hydrogen) atoms. The molecule has 4 rings (SSSR count). The summed E-state index contributed by atoms with van der Waals surface area (Å²) in [5.74, 6) is 0.300. The number of hydrogen-bond donors (Lipinski definition) is 1. The second-order valence-corrected chi connectivity index (χ2v) is 12.9. The lowest BCUT2D eigenvalue weighted by Crippen LogP contribution is -2.53. The van der Waals surface area contributed by atoms with Gasteiger partial charge in [0, 0.05) is 25.6 Å². The highest BCUT2D eigenvalue weighted by molar-refractivity contribution is 7.92. The van der Waals surface area contributed by atoms with Gasteiger partial charge in [0.05, 0.1) is 31.9 Å². The minimum atomic E-state index is -4.32. The van der Waals surface area contributed by atoms with Gasteiger partial charge in [0.25, 0.3) is 10.0 Å². The van der Waals surface area contributed by atoms with Crippen LogP contribution in [0, 0.1) is 0 Å². The summed E-state index contributed by atoms with van der Waals surface area (Å²) in [6.45, 7) is 1.95. The van der Waals surface area contributed by atoms with Gasteiger partial charge in [-0.25, -0.2) is 8.42 Å². The molecule has 0 heterocycles. The highest BCUT2D eigenvalue weighted by atomic mass is 32.2. The Morgan fingerprint density at radius 2 is 1.44 bits per heavy atom. The molecule has 0 saturated carbocycles. The molecule has 0 bridgehead atoms. The predicted molar refractivity (Wildman–Crippen MR) is 186 cm³/mol. The van der Waals surface area contributed by atoms with Crippen LogP contribution in [-0.4, -0.2) is 65.6 Å². The van der Waals surface area contributed by atoms with Gasteiger partial charge in [0.2, 0.25) is 11.8 Å². The van der Waals surface area contributed by atoms with Crippen LogP contribution in [0.15, 0.2) is 108 Å². The van der Waals surface area contributed by atoms with Crippen LogP contribution in [0.5, 0.6) is 17.2 Å². The first kappa shape index (κ1) is 35.8. The summed E-state index contributed by atoms with van der Waals surface area (Å²) in [7, 11) is 0.116. The standard InChI is InChI=1S/C37H43N3O7S/c1-5-6-22-38-37(42)33(24-28-14-9-7-10-15-28)39(26-29-16-13-19-31(23-29)45-2)36(41)27-40(30-17-11-8-12-18-30)48(43,44)32-20-21-34(46-3)35(25-32)47-4/h7-21,23,25,33H,5-6,22,24,26-27H2,1-4H3,(H,38,42)/t33-/m0/s1. The highest BCUT2D eigenvalue weighted by Gasteiger charge is 2.35. The lowest BCUT2D eigenvalue weighted by atomic mass is 10.0. The van der Waals surface area contributed by atoms with E-state index in [1.165, 1.54) is 37.3 Å². The van der Waals surface area contributed by atoms with Gasteiger partial charge in [-0.05, 0) is 53.9 Å². The monoisotopic (exact) mass is 673 g/mol. The fraction of sp³-hybridized carbons (Fsp3) is 0.297. The molecule has 0 radical (unpaired) electrons. The van der Waals surface area contributed by atoms with E-state index in [-0.39, 0.29) is 35.2 Å². The van der Waals surface area contributed by atoms with Gasteiger partial charge < -0.3 is 24.4 Å². The van der Waals surface area contributed by atoms with Crippen molar-refractivity contribution in [3.63, 3.8) is 0 Å². The smallest absolute Gasteiger partial charge is 0.264 e. The Morgan fingerprint density at radius 1 is 0.771 bits per heavy atom. The van der Waals surface area contributed by atoms with Gasteiger partial charge >= 0.3 is 0 Å². The molecule has 11 heteroatoms. The summed E-state index contributed by atoms with van der Waals surface area (Å²) in [6, 6.07) is 28.4. The fourth-order valence-electron chi connectivity index (χ4n) is 5.25. The summed E-state index contributed by atoms with van der Waals surface area (Å²) in [5.41, 5.74) is 1.86. The summed E-state index contributed by atoms with van der Waals surface area (Å²) in [5, 5.41) is 3.00. The third-order valence-electron chi connectivity index (χ3n) is 7.85. The van der Waals surface area contributed by atoms with E-state index in [0.717, 1.165) is 28.3 Å². The van der Waals surface area contributed by atoms with Crippen molar-refractivity contribution in [3.8, 4) is 17.2 Å². The molecule has 254 valence electrons. The van der Waals surface area contributed by atoms with E-state index >= 15 is 0 Å². The first-order valence-electron chi connectivity index (χ1n) is 15.8. The third kappa shape index (κ3) is 9.07. The van der Waals surface area contributed by atoms with Gasteiger partial charge in [-0.3, -0.25) is 13.9 Å². The number of ether oxygens (including phenoxy) is 3. The number of hydrogen-bond acceptors (Lipinski definition) is 7. The molecule has 0 spiro atoms. The molecule has 1 atom stereocenters.